The summed E-state index contributed by atoms with van der Waals surface area (Å²) >= 11 is 0. The van der Waals surface area contributed by atoms with Crippen LogP contribution in [0.25, 0.3) is 0 Å². The summed E-state index contributed by atoms with van der Waals surface area (Å²) in [5.41, 5.74) is 1.41. The molecule has 7 heteroatoms. The molecule has 0 fully saturated rings. The normalized spacial score (nSPS) is 12.7. The fourth-order valence-corrected chi connectivity index (χ4v) is 4.48. The van der Waals surface area contributed by atoms with Crippen molar-refractivity contribution in [1.82, 2.24) is 10.2 Å². The standard InChI is InChI=1S/C22H24N2O4S/c1-24(2)20(17-9-5-3-6-10-17)15-23-22(25)21-18(13-14-28-21)16-29(26,27)19-11-7-4-8-12-19/h3-14,20H,15-16H2,1-2H3,(H,23,25). The molecule has 1 N–H and O–H groups in total. The summed E-state index contributed by atoms with van der Waals surface area (Å²) in [6, 6.07) is 19.5. The first kappa shape index (κ1) is 20.8. The monoisotopic (exact) mass is 412 g/mol. The minimum absolute atomic E-state index is 0.0217. The number of sulfone groups is 1. The fraction of sp³-hybridized carbons (Fsp3) is 0.227. The summed E-state index contributed by atoms with van der Waals surface area (Å²) in [5.74, 6) is -0.711. The molecule has 0 aliphatic rings. The van der Waals surface area contributed by atoms with E-state index in [1.165, 1.54) is 24.5 Å². The predicted molar refractivity (Wildman–Crippen MR) is 111 cm³/mol. The van der Waals surface area contributed by atoms with Crippen LogP contribution in [0, 0.1) is 0 Å². The molecule has 1 unspecified atom stereocenters. The maximum Gasteiger partial charge on any atom is 0.287 e. The highest BCUT2D eigenvalue weighted by Gasteiger charge is 2.23. The molecular formula is C22H24N2O4S. The molecule has 6 nitrogen and oxygen atoms in total. The third kappa shape index (κ3) is 5.13. The molecule has 1 heterocycles. The number of benzene rings is 2. The Morgan fingerprint density at radius 3 is 2.24 bits per heavy atom. The van der Waals surface area contributed by atoms with Crippen molar-refractivity contribution < 1.29 is 17.6 Å². The van der Waals surface area contributed by atoms with Crippen LogP contribution in [-0.4, -0.2) is 39.9 Å². The molecule has 1 amide bonds. The smallest absolute Gasteiger partial charge is 0.287 e. The number of furan rings is 1. The highest BCUT2D eigenvalue weighted by Crippen LogP contribution is 2.21. The molecule has 0 saturated carbocycles. The van der Waals surface area contributed by atoms with Gasteiger partial charge in [-0.05, 0) is 37.9 Å². The minimum atomic E-state index is -3.58. The molecule has 1 atom stereocenters. The molecule has 0 spiro atoms. The van der Waals surface area contributed by atoms with Crippen molar-refractivity contribution in [3.63, 3.8) is 0 Å². The molecule has 29 heavy (non-hydrogen) atoms. The average molecular weight is 413 g/mol. The second-order valence-corrected chi connectivity index (χ2v) is 8.94. The van der Waals surface area contributed by atoms with Gasteiger partial charge in [-0.1, -0.05) is 48.5 Å². The quantitative estimate of drug-likeness (QED) is 0.614. The van der Waals surface area contributed by atoms with E-state index < -0.39 is 15.7 Å². The van der Waals surface area contributed by atoms with E-state index in [0.717, 1.165) is 5.56 Å². The van der Waals surface area contributed by atoms with E-state index in [4.69, 9.17) is 4.42 Å². The Morgan fingerprint density at radius 1 is 1.00 bits per heavy atom. The average Bonchev–Trinajstić information content (AvgIpc) is 3.17. The number of carbonyl (C=O) groups excluding carboxylic acids is 1. The highest BCUT2D eigenvalue weighted by molar-refractivity contribution is 7.90. The topological polar surface area (TPSA) is 79.6 Å². The molecule has 2 aromatic carbocycles. The summed E-state index contributed by atoms with van der Waals surface area (Å²) in [6.07, 6.45) is 1.34. The van der Waals surface area contributed by atoms with E-state index in [1.807, 2.05) is 49.3 Å². The lowest BCUT2D eigenvalue weighted by atomic mass is 10.1. The van der Waals surface area contributed by atoms with Crippen molar-refractivity contribution in [3.05, 3.63) is 89.9 Å². The van der Waals surface area contributed by atoms with Crippen molar-refractivity contribution in [3.8, 4) is 0 Å². The summed E-state index contributed by atoms with van der Waals surface area (Å²) in [6.45, 7) is 0.363. The van der Waals surface area contributed by atoms with Gasteiger partial charge in [0.05, 0.1) is 23.0 Å². The first-order valence-corrected chi connectivity index (χ1v) is 10.9. The molecule has 0 bridgehead atoms. The van der Waals surface area contributed by atoms with Gasteiger partial charge >= 0.3 is 0 Å². The number of rotatable bonds is 8. The van der Waals surface area contributed by atoms with Crippen LogP contribution in [0.1, 0.15) is 27.7 Å². The zero-order valence-corrected chi connectivity index (χ0v) is 17.2. The van der Waals surface area contributed by atoms with Gasteiger partial charge in [-0.25, -0.2) is 8.42 Å². The number of amides is 1. The van der Waals surface area contributed by atoms with Gasteiger partial charge in [0, 0.05) is 12.1 Å². The van der Waals surface area contributed by atoms with Crippen LogP contribution >= 0.6 is 0 Å². The number of hydrogen-bond donors (Lipinski definition) is 1. The highest BCUT2D eigenvalue weighted by atomic mass is 32.2. The molecule has 3 aromatic rings. The molecule has 0 aliphatic heterocycles. The molecule has 0 radical (unpaired) electrons. The van der Waals surface area contributed by atoms with E-state index >= 15 is 0 Å². The van der Waals surface area contributed by atoms with E-state index in [2.05, 4.69) is 5.32 Å². The molecule has 152 valence electrons. The van der Waals surface area contributed by atoms with E-state index in [0.29, 0.717) is 12.1 Å². The summed E-state index contributed by atoms with van der Waals surface area (Å²) in [4.78, 5) is 14.9. The third-order valence-electron chi connectivity index (χ3n) is 4.66. The van der Waals surface area contributed by atoms with Crippen LogP contribution in [0.2, 0.25) is 0 Å². The van der Waals surface area contributed by atoms with Crippen molar-refractivity contribution in [2.45, 2.75) is 16.7 Å². The second-order valence-electron chi connectivity index (χ2n) is 6.95. The molecule has 1 aromatic heterocycles. The van der Waals surface area contributed by atoms with Gasteiger partial charge in [-0.3, -0.25) is 4.79 Å². The minimum Gasteiger partial charge on any atom is -0.459 e. The number of nitrogens with one attached hydrogen (secondary N) is 1. The van der Waals surface area contributed by atoms with Gasteiger partial charge in [0.15, 0.2) is 15.6 Å². The van der Waals surface area contributed by atoms with Crippen LogP contribution in [0.5, 0.6) is 0 Å². The summed E-state index contributed by atoms with van der Waals surface area (Å²) in [7, 11) is 0.303. The van der Waals surface area contributed by atoms with Gasteiger partial charge in [0.2, 0.25) is 0 Å². The summed E-state index contributed by atoms with van der Waals surface area (Å²) in [5, 5.41) is 2.86. The largest absolute Gasteiger partial charge is 0.459 e. The Hall–Kier alpha value is -2.90. The van der Waals surface area contributed by atoms with Crippen molar-refractivity contribution in [1.29, 1.82) is 0 Å². The molecular weight excluding hydrogens is 388 g/mol. The zero-order valence-electron chi connectivity index (χ0n) is 16.4. The van der Waals surface area contributed by atoms with Crippen LogP contribution in [0.4, 0.5) is 0 Å². The Kier molecular flexibility index (Phi) is 6.51. The lowest BCUT2D eigenvalue weighted by molar-refractivity contribution is 0.0913. The van der Waals surface area contributed by atoms with Crippen LogP contribution in [0.3, 0.4) is 0 Å². The molecule has 0 aliphatic carbocycles. The predicted octanol–water partition coefficient (Wildman–Crippen LogP) is 3.29. The molecule has 0 saturated heterocycles. The lowest BCUT2D eigenvalue weighted by Gasteiger charge is -2.25. The first-order chi connectivity index (χ1) is 13.9. The van der Waals surface area contributed by atoms with E-state index in [1.54, 1.807) is 18.2 Å². The number of hydrogen-bond acceptors (Lipinski definition) is 5. The van der Waals surface area contributed by atoms with Crippen molar-refractivity contribution in [2.75, 3.05) is 20.6 Å². The van der Waals surface area contributed by atoms with Gasteiger partial charge in [0.25, 0.3) is 5.91 Å². The van der Waals surface area contributed by atoms with Crippen LogP contribution < -0.4 is 5.32 Å². The lowest BCUT2D eigenvalue weighted by Crippen LogP contribution is -2.34. The van der Waals surface area contributed by atoms with Crippen molar-refractivity contribution >= 4 is 15.7 Å². The first-order valence-electron chi connectivity index (χ1n) is 9.22. The fourth-order valence-electron chi connectivity index (χ4n) is 3.11. The van der Waals surface area contributed by atoms with Crippen molar-refractivity contribution in [2.24, 2.45) is 0 Å². The Balaban J connectivity index is 1.72. The Bertz CT molecular complexity index is 1040. The number of carbonyl (C=O) groups is 1. The maximum atomic E-state index is 12.7. The second kappa shape index (κ2) is 9.07. The van der Waals surface area contributed by atoms with Gasteiger partial charge in [-0.15, -0.1) is 0 Å². The Morgan fingerprint density at radius 2 is 1.62 bits per heavy atom. The van der Waals surface area contributed by atoms with Gasteiger partial charge < -0.3 is 14.6 Å². The molecule has 3 rings (SSSR count). The van der Waals surface area contributed by atoms with E-state index in [9.17, 15) is 13.2 Å². The third-order valence-corrected chi connectivity index (χ3v) is 6.35. The van der Waals surface area contributed by atoms with Crippen LogP contribution in [0.15, 0.2) is 82.3 Å². The zero-order chi connectivity index (χ0) is 20.9. The van der Waals surface area contributed by atoms with Crippen LogP contribution in [-0.2, 0) is 15.6 Å². The summed E-state index contributed by atoms with van der Waals surface area (Å²) < 4.78 is 30.6. The SMILES string of the molecule is CN(C)C(CNC(=O)c1occc1CS(=O)(=O)c1ccccc1)c1ccccc1. The number of nitrogens with zero attached hydrogens (tertiary/aromatic N) is 1. The van der Waals surface area contributed by atoms with Gasteiger partial charge in [0.1, 0.15) is 0 Å². The number of likely N-dealkylation sites (N-methyl/N-ethyl adjacent to an activating group) is 1. The van der Waals surface area contributed by atoms with Gasteiger partial charge in [-0.2, -0.15) is 0 Å². The van der Waals surface area contributed by atoms with E-state index in [-0.39, 0.29) is 22.5 Å². The Labute approximate surface area is 171 Å². The maximum absolute atomic E-state index is 12.7.